The van der Waals surface area contributed by atoms with E-state index in [0.717, 1.165) is 44.4 Å². The van der Waals surface area contributed by atoms with E-state index in [9.17, 15) is 0 Å². The normalized spacial score (nSPS) is 13.3. The molecule has 0 radical (unpaired) electrons. The van der Waals surface area contributed by atoms with Gasteiger partial charge in [0.25, 0.3) is 0 Å². The summed E-state index contributed by atoms with van der Waals surface area (Å²) in [6, 6.07) is 59.5. The Morgan fingerprint density at radius 3 is 1.96 bits per heavy atom. The summed E-state index contributed by atoms with van der Waals surface area (Å²) in [5.41, 5.74) is 13.0. The number of anilines is 3. The van der Waals surface area contributed by atoms with E-state index in [1.807, 2.05) is 12.1 Å². The van der Waals surface area contributed by atoms with E-state index in [0.29, 0.717) is 0 Å². The van der Waals surface area contributed by atoms with Crippen molar-refractivity contribution in [2.24, 2.45) is 0 Å². The number of hydrogen-bond acceptors (Lipinski definition) is 2. The zero-order valence-corrected chi connectivity index (χ0v) is 27.4. The lowest BCUT2D eigenvalue weighted by Gasteiger charge is -2.28. The van der Waals surface area contributed by atoms with Gasteiger partial charge in [-0.2, -0.15) is 0 Å². The maximum atomic E-state index is 6.40. The lowest BCUT2D eigenvalue weighted by molar-refractivity contribution is 0.660. The average molecular weight is 628 g/mol. The van der Waals surface area contributed by atoms with Gasteiger partial charge in [-0.15, -0.1) is 0 Å². The summed E-state index contributed by atoms with van der Waals surface area (Å²) in [6.07, 6.45) is 0. The largest absolute Gasteiger partial charge is 0.455 e. The van der Waals surface area contributed by atoms with E-state index < -0.39 is 0 Å². The summed E-state index contributed by atoms with van der Waals surface area (Å²) < 4.78 is 6.40. The van der Waals surface area contributed by atoms with Crippen molar-refractivity contribution in [2.75, 3.05) is 4.90 Å². The second kappa shape index (κ2) is 10.4. The average Bonchev–Trinajstić information content (AvgIpc) is 3.64. The SMILES string of the molecule is CC1(C)c2ccccc2-c2ccc(N(c3ccc(-c4cccc5c4ccc4c6ccccc6oc54)cc3)c3ccc4ccccc4c3)cc21. The van der Waals surface area contributed by atoms with Crippen molar-refractivity contribution in [1.29, 1.82) is 0 Å². The molecule has 0 spiro atoms. The zero-order chi connectivity index (χ0) is 32.7. The van der Waals surface area contributed by atoms with Gasteiger partial charge in [0.1, 0.15) is 11.2 Å². The minimum Gasteiger partial charge on any atom is -0.455 e. The number of furan rings is 1. The van der Waals surface area contributed by atoms with Gasteiger partial charge in [0, 0.05) is 38.6 Å². The molecule has 0 saturated heterocycles. The van der Waals surface area contributed by atoms with Crippen molar-refractivity contribution in [3.05, 3.63) is 175 Å². The smallest absolute Gasteiger partial charge is 0.143 e. The van der Waals surface area contributed by atoms with Gasteiger partial charge in [-0.05, 0) is 98.1 Å². The molecule has 0 amide bonds. The highest BCUT2D eigenvalue weighted by atomic mass is 16.3. The summed E-state index contributed by atoms with van der Waals surface area (Å²) in [5.74, 6) is 0. The van der Waals surface area contributed by atoms with Crippen LogP contribution in [-0.4, -0.2) is 0 Å². The van der Waals surface area contributed by atoms with Crippen LogP contribution >= 0.6 is 0 Å². The Bertz CT molecular complexity index is 2750. The molecule has 9 aromatic rings. The Labute approximate surface area is 285 Å². The number of para-hydroxylation sites is 1. The van der Waals surface area contributed by atoms with Crippen LogP contribution in [0.25, 0.3) is 65.7 Å². The van der Waals surface area contributed by atoms with Gasteiger partial charge < -0.3 is 9.32 Å². The van der Waals surface area contributed by atoms with Crippen LogP contribution in [0.2, 0.25) is 0 Å². The van der Waals surface area contributed by atoms with Crippen molar-refractivity contribution in [2.45, 2.75) is 19.3 Å². The van der Waals surface area contributed by atoms with Gasteiger partial charge in [-0.25, -0.2) is 0 Å². The molecule has 1 aliphatic carbocycles. The molecule has 0 bridgehead atoms. The highest BCUT2D eigenvalue weighted by Gasteiger charge is 2.35. The molecule has 1 aromatic heterocycles. The van der Waals surface area contributed by atoms with Gasteiger partial charge >= 0.3 is 0 Å². The van der Waals surface area contributed by atoms with Crippen molar-refractivity contribution in [3.63, 3.8) is 0 Å². The van der Waals surface area contributed by atoms with E-state index in [-0.39, 0.29) is 5.41 Å². The molecule has 2 nitrogen and oxygen atoms in total. The second-order valence-corrected chi connectivity index (χ2v) is 13.8. The van der Waals surface area contributed by atoms with Gasteiger partial charge in [-0.3, -0.25) is 0 Å². The lowest BCUT2D eigenvalue weighted by atomic mass is 9.82. The highest BCUT2D eigenvalue weighted by molar-refractivity contribution is 6.17. The molecule has 2 heteroatoms. The predicted molar refractivity (Wildman–Crippen MR) is 206 cm³/mol. The predicted octanol–water partition coefficient (Wildman–Crippen LogP) is 13.3. The first-order chi connectivity index (χ1) is 24.0. The molecule has 0 saturated carbocycles. The Balaban J connectivity index is 1.11. The monoisotopic (exact) mass is 627 g/mol. The van der Waals surface area contributed by atoms with Crippen LogP contribution in [0.15, 0.2) is 168 Å². The first-order valence-corrected chi connectivity index (χ1v) is 17.0. The van der Waals surface area contributed by atoms with Crippen LogP contribution in [0.5, 0.6) is 0 Å². The van der Waals surface area contributed by atoms with Crippen LogP contribution in [0, 0.1) is 0 Å². The molecule has 232 valence electrons. The summed E-state index contributed by atoms with van der Waals surface area (Å²) in [5, 5.41) is 7.09. The highest BCUT2D eigenvalue weighted by Crippen LogP contribution is 2.51. The van der Waals surface area contributed by atoms with E-state index in [4.69, 9.17) is 4.42 Å². The van der Waals surface area contributed by atoms with E-state index >= 15 is 0 Å². The zero-order valence-electron chi connectivity index (χ0n) is 27.4. The van der Waals surface area contributed by atoms with Crippen LogP contribution in [0.4, 0.5) is 17.1 Å². The van der Waals surface area contributed by atoms with Crippen LogP contribution in [-0.2, 0) is 5.41 Å². The molecule has 8 aromatic carbocycles. The third-order valence-electron chi connectivity index (χ3n) is 10.7. The first kappa shape index (κ1) is 27.9. The molecule has 0 fully saturated rings. The molecule has 0 unspecified atom stereocenters. The fourth-order valence-electron chi connectivity index (χ4n) is 8.18. The van der Waals surface area contributed by atoms with Crippen molar-refractivity contribution in [3.8, 4) is 22.3 Å². The van der Waals surface area contributed by atoms with E-state index in [2.05, 4.69) is 170 Å². The maximum absolute atomic E-state index is 6.40. The van der Waals surface area contributed by atoms with E-state index in [1.165, 1.54) is 49.5 Å². The van der Waals surface area contributed by atoms with Crippen molar-refractivity contribution >= 4 is 60.5 Å². The summed E-state index contributed by atoms with van der Waals surface area (Å²) in [7, 11) is 0. The first-order valence-electron chi connectivity index (χ1n) is 17.0. The fourth-order valence-corrected chi connectivity index (χ4v) is 8.18. The Hall–Kier alpha value is -6.12. The van der Waals surface area contributed by atoms with Gasteiger partial charge in [-0.1, -0.05) is 129 Å². The van der Waals surface area contributed by atoms with E-state index in [1.54, 1.807) is 0 Å². The quantitative estimate of drug-likeness (QED) is 0.193. The number of rotatable bonds is 4. The molecule has 10 rings (SSSR count). The van der Waals surface area contributed by atoms with Gasteiger partial charge in [0.2, 0.25) is 0 Å². The molecular formula is C47H33NO. The minimum absolute atomic E-state index is 0.0829. The molecule has 0 N–H and O–H groups in total. The molecule has 0 atom stereocenters. The number of benzene rings is 8. The fraction of sp³-hybridized carbons (Fsp3) is 0.0638. The molecule has 49 heavy (non-hydrogen) atoms. The Kier molecular flexibility index (Phi) is 5.95. The van der Waals surface area contributed by atoms with Crippen molar-refractivity contribution < 1.29 is 4.42 Å². The third kappa shape index (κ3) is 4.20. The van der Waals surface area contributed by atoms with Crippen LogP contribution in [0.1, 0.15) is 25.0 Å². The number of fused-ring (bicyclic) bond motifs is 9. The van der Waals surface area contributed by atoms with Crippen molar-refractivity contribution in [1.82, 2.24) is 0 Å². The van der Waals surface area contributed by atoms with Gasteiger partial charge in [0.15, 0.2) is 0 Å². The minimum atomic E-state index is -0.0829. The Morgan fingerprint density at radius 2 is 1.06 bits per heavy atom. The van der Waals surface area contributed by atoms with Crippen LogP contribution < -0.4 is 4.90 Å². The molecule has 1 heterocycles. The molecule has 0 aliphatic heterocycles. The third-order valence-corrected chi connectivity index (χ3v) is 10.7. The topological polar surface area (TPSA) is 16.4 Å². The maximum Gasteiger partial charge on any atom is 0.143 e. The Morgan fingerprint density at radius 1 is 0.429 bits per heavy atom. The summed E-state index contributed by atoms with van der Waals surface area (Å²) in [4.78, 5) is 2.40. The lowest BCUT2D eigenvalue weighted by Crippen LogP contribution is -2.16. The summed E-state index contributed by atoms with van der Waals surface area (Å²) >= 11 is 0. The molecular weight excluding hydrogens is 595 g/mol. The standard InChI is InChI=1S/C47H33NO/c1-47(2)43-16-7-5-12-38(43)39-25-24-35(29-44(39)47)48(34-23-18-30-10-3-4-11-32(30)28-34)33-21-19-31(20-22-33)36-14-9-15-41-37(36)26-27-42-40-13-6-8-17-45(40)49-46(41)42/h3-29H,1-2H3. The second-order valence-electron chi connectivity index (χ2n) is 13.8. The molecule has 1 aliphatic rings. The van der Waals surface area contributed by atoms with Crippen LogP contribution in [0.3, 0.4) is 0 Å². The number of nitrogens with zero attached hydrogens (tertiary/aromatic N) is 1. The van der Waals surface area contributed by atoms with Gasteiger partial charge in [0.05, 0.1) is 0 Å². The number of hydrogen-bond donors (Lipinski definition) is 0. The summed E-state index contributed by atoms with van der Waals surface area (Å²) in [6.45, 7) is 4.69.